The van der Waals surface area contributed by atoms with Crippen LogP contribution in [0.2, 0.25) is 0 Å². The Morgan fingerprint density at radius 1 is 1.19 bits per heavy atom. The van der Waals surface area contributed by atoms with Crippen LogP contribution in [0.5, 0.6) is 5.75 Å². The average Bonchev–Trinajstić information content (AvgIpc) is 3.25. The van der Waals surface area contributed by atoms with Gasteiger partial charge in [0.05, 0.1) is 6.54 Å². The molecule has 0 saturated carbocycles. The lowest BCUT2D eigenvalue weighted by atomic mass is 10.0. The first kappa shape index (κ1) is 20.6. The van der Waals surface area contributed by atoms with Gasteiger partial charge in [0, 0.05) is 43.5 Å². The number of halogens is 2. The lowest BCUT2D eigenvalue weighted by Crippen LogP contribution is -2.62. The van der Waals surface area contributed by atoms with Crippen molar-refractivity contribution in [3.63, 3.8) is 0 Å². The largest absolute Gasteiger partial charge is 0.503 e. The van der Waals surface area contributed by atoms with E-state index in [4.69, 9.17) is 0 Å². The molecule has 3 aliphatic rings. The standard InChI is InChI=1S/C22H22F2N4O4/c23-13-4-3-12(16(24)8-13)9-25-21(31)15-10-26-11-17-27-6-1-2-14(27)5-7-28(17)22(32)18(26)20(30)19(15)29/h3-4,8,10,14,17,30H,1-2,5-7,9,11H2,(H,25,31)/t14-,17-/m0/s1. The van der Waals surface area contributed by atoms with Crippen LogP contribution in [0.15, 0.2) is 29.2 Å². The van der Waals surface area contributed by atoms with E-state index in [9.17, 15) is 28.3 Å². The Hall–Kier alpha value is -3.27. The van der Waals surface area contributed by atoms with Gasteiger partial charge in [-0.1, -0.05) is 6.07 Å². The third-order valence-corrected chi connectivity index (χ3v) is 6.65. The number of benzene rings is 1. The smallest absolute Gasteiger partial charge is 0.275 e. The number of hydrogen-bond donors (Lipinski definition) is 2. The summed E-state index contributed by atoms with van der Waals surface area (Å²) >= 11 is 0. The van der Waals surface area contributed by atoms with Gasteiger partial charge in [-0.2, -0.15) is 0 Å². The second-order valence-corrected chi connectivity index (χ2v) is 8.44. The SMILES string of the molecule is O=C(NCc1ccc(F)cc1F)c1cn2c(c(O)c1=O)C(=O)N1CC[C@@H]3CCCN3[C@@H]1C2. The number of aromatic hydroxyl groups is 1. The summed E-state index contributed by atoms with van der Waals surface area (Å²) in [7, 11) is 0. The fraction of sp³-hybridized carbons (Fsp3) is 0.409. The van der Waals surface area contributed by atoms with Crippen molar-refractivity contribution in [1.29, 1.82) is 0 Å². The van der Waals surface area contributed by atoms with E-state index in [-0.39, 0.29) is 29.5 Å². The number of nitrogens with zero attached hydrogens (tertiary/aromatic N) is 3. The number of carbonyl (C=O) groups is 2. The quantitative estimate of drug-likeness (QED) is 0.747. The number of hydrogen-bond acceptors (Lipinski definition) is 5. The summed E-state index contributed by atoms with van der Waals surface area (Å²) in [5.74, 6) is -3.57. The number of aromatic nitrogens is 1. The molecule has 2 fully saturated rings. The van der Waals surface area contributed by atoms with Crippen LogP contribution >= 0.6 is 0 Å². The first-order valence-corrected chi connectivity index (χ1v) is 10.6. The summed E-state index contributed by atoms with van der Waals surface area (Å²) in [6.45, 7) is 1.50. The molecule has 10 heteroatoms. The molecule has 32 heavy (non-hydrogen) atoms. The molecule has 1 aromatic carbocycles. The van der Waals surface area contributed by atoms with Gasteiger partial charge in [-0.15, -0.1) is 0 Å². The second kappa shape index (κ2) is 7.70. The fourth-order valence-corrected chi connectivity index (χ4v) is 5.04. The topological polar surface area (TPSA) is 94.9 Å². The van der Waals surface area contributed by atoms with Crippen LogP contribution in [0.4, 0.5) is 8.78 Å². The normalized spacial score (nSPS) is 22.3. The molecule has 1 aromatic heterocycles. The van der Waals surface area contributed by atoms with Crippen LogP contribution in [0.1, 0.15) is 45.7 Å². The first-order chi connectivity index (χ1) is 15.3. The molecule has 2 aromatic rings. The molecule has 2 N–H and O–H groups in total. The summed E-state index contributed by atoms with van der Waals surface area (Å²) in [6.07, 6.45) is 4.08. The molecule has 0 radical (unpaired) electrons. The van der Waals surface area contributed by atoms with Crippen molar-refractivity contribution in [1.82, 2.24) is 19.7 Å². The van der Waals surface area contributed by atoms with Crippen LogP contribution in [-0.4, -0.2) is 56.6 Å². The minimum Gasteiger partial charge on any atom is -0.503 e. The monoisotopic (exact) mass is 444 g/mol. The predicted molar refractivity (Wildman–Crippen MR) is 109 cm³/mol. The summed E-state index contributed by atoms with van der Waals surface area (Å²) < 4.78 is 28.4. The molecule has 0 unspecified atom stereocenters. The number of pyridine rings is 1. The van der Waals surface area contributed by atoms with E-state index in [1.807, 2.05) is 0 Å². The molecular weight excluding hydrogens is 422 g/mol. The zero-order chi connectivity index (χ0) is 22.6. The second-order valence-electron chi connectivity index (χ2n) is 8.44. The van der Waals surface area contributed by atoms with E-state index < -0.39 is 34.6 Å². The van der Waals surface area contributed by atoms with Crippen molar-refractivity contribution in [2.24, 2.45) is 0 Å². The van der Waals surface area contributed by atoms with Gasteiger partial charge in [-0.3, -0.25) is 19.3 Å². The number of fused-ring (bicyclic) bond motifs is 4. The maximum Gasteiger partial charge on any atom is 0.275 e. The summed E-state index contributed by atoms with van der Waals surface area (Å²) in [6, 6.07) is 3.38. The molecule has 0 aliphatic carbocycles. The number of nitrogens with one attached hydrogen (secondary N) is 1. The van der Waals surface area contributed by atoms with E-state index in [1.165, 1.54) is 16.8 Å². The molecule has 8 nitrogen and oxygen atoms in total. The van der Waals surface area contributed by atoms with Crippen molar-refractivity contribution in [3.8, 4) is 5.75 Å². The Balaban J connectivity index is 1.44. The summed E-state index contributed by atoms with van der Waals surface area (Å²) in [5.41, 5.74) is -1.37. The minimum atomic E-state index is -0.962. The van der Waals surface area contributed by atoms with Gasteiger partial charge in [0.25, 0.3) is 11.8 Å². The number of carbonyl (C=O) groups excluding carboxylic acids is 2. The van der Waals surface area contributed by atoms with Gasteiger partial charge in [0.15, 0.2) is 11.4 Å². The summed E-state index contributed by atoms with van der Waals surface area (Å²) in [5, 5.41) is 12.9. The van der Waals surface area contributed by atoms with E-state index in [2.05, 4.69) is 10.2 Å². The van der Waals surface area contributed by atoms with Crippen molar-refractivity contribution >= 4 is 11.8 Å². The van der Waals surface area contributed by atoms with Gasteiger partial charge in [-0.05, 0) is 25.3 Å². The van der Waals surface area contributed by atoms with Gasteiger partial charge in [-0.25, -0.2) is 8.78 Å². The van der Waals surface area contributed by atoms with Crippen molar-refractivity contribution < 1.29 is 23.5 Å². The molecule has 0 bridgehead atoms. The lowest BCUT2D eigenvalue weighted by Gasteiger charge is -2.48. The fourth-order valence-electron chi connectivity index (χ4n) is 5.04. The molecule has 5 rings (SSSR count). The minimum absolute atomic E-state index is 0.0511. The van der Waals surface area contributed by atoms with Gasteiger partial charge < -0.3 is 19.9 Å². The van der Waals surface area contributed by atoms with Crippen molar-refractivity contribution in [2.75, 3.05) is 13.1 Å². The molecule has 0 spiro atoms. The Morgan fingerprint density at radius 2 is 2.00 bits per heavy atom. The van der Waals surface area contributed by atoms with E-state index in [0.29, 0.717) is 25.2 Å². The van der Waals surface area contributed by atoms with Crippen LogP contribution in [-0.2, 0) is 13.1 Å². The van der Waals surface area contributed by atoms with Crippen LogP contribution in [0.25, 0.3) is 0 Å². The highest BCUT2D eigenvalue weighted by molar-refractivity contribution is 5.99. The molecule has 4 heterocycles. The van der Waals surface area contributed by atoms with E-state index in [0.717, 1.165) is 31.9 Å². The number of rotatable bonds is 3. The van der Waals surface area contributed by atoms with Crippen LogP contribution in [0, 0.1) is 11.6 Å². The third kappa shape index (κ3) is 3.26. The molecule has 2 atom stereocenters. The zero-order valence-electron chi connectivity index (χ0n) is 17.2. The van der Waals surface area contributed by atoms with Crippen LogP contribution in [0.3, 0.4) is 0 Å². The Bertz CT molecular complexity index is 1180. The highest BCUT2D eigenvalue weighted by atomic mass is 19.1. The molecule has 2 saturated heterocycles. The van der Waals surface area contributed by atoms with Crippen molar-refractivity contribution in [3.05, 3.63) is 63.1 Å². The van der Waals surface area contributed by atoms with Gasteiger partial charge in [0.1, 0.15) is 23.4 Å². The lowest BCUT2D eigenvalue weighted by molar-refractivity contribution is -0.0211. The van der Waals surface area contributed by atoms with E-state index >= 15 is 0 Å². The predicted octanol–water partition coefficient (Wildman–Crippen LogP) is 1.41. The maximum absolute atomic E-state index is 13.8. The highest BCUT2D eigenvalue weighted by Gasteiger charge is 2.45. The Labute approximate surface area is 182 Å². The molecule has 3 aliphatic heterocycles. The zero-order valence-corrected chi connectivity index (χ0v) is 17.2. The van der Waals surface area contributed by atoms with Gasteiger partial charge in [0.2, 0.25) is 5.43 Å². The maximum atomic E-state index is 13.8. The molecule has 168 valence electrons. The van der Waals surface area contributed by atoms with Crippen molar-refractivity contribution in [2.45, 2.75) is 44.6 Å². The average molecular weight is 444 g/mol. The van der Waals surface area contributed by atoms with Crippen LogP contribution < -0.4 is 10.7 Å². The van der Waals surface area contributed by atoms with Gasteiger partial charge >= 0.3 is 0 Å². The molecule has 2 amide bonds. The van der Waals surface area contributed by atoms with E-state index in [1.54, 1.807) is 4.90 Å². The Morgan fingerprint density at radius 3 is 2.78 bits per heavy atom. The summed E-state index contributed by atoms with van der Waals surface area (Å²) in [4.78, 5) is 42.4. The number of amides is 2. The Kier molecular flexibility index (Phi) is 4.96. The highest BCUT2D eigenvalue weighted by Crippen LogP contribution is 2.34. The first-order valence-electron chi connectivity index (χ1n) is 10.6. The third-order valence-electron chi connectivity index (χ3n) is 6.65. The molecular formula is C22H22F2N4O4.